The van der Waals surface area contributed by atoms with Crippen LogP contribution in [0.4, 0.5) is 11.5 Å². The Morgan fingerprint density at radius 2 is 1.83 bits per heavy atom. The molecule has 1 amide bonds. The van der Waals surface area contributed by atoms with Crippen molar-refractivity contribution in [3.05, 3.63) is 97.3 Å². The molecule has 2 heterocycles. The molecule has 9 heteroatoms. The Labute approximate surface area is 238 Å². The van der Waals surface area contributed by atoms with Gasteiger partial charge in [0.1, 0.15) is 29.3 Å². The first-order chi connectivity index (χ1) is 20.0. The van der Waals surface area contributed by atoms with Crippen molar-refractivity contribution >= 4 is 28.4 Å². The van der Waals surface area contributed by atoms with Gasteiger partial charge in [-0.2, -0.15) is 5.10 Å². The van der Waals surface area contributed by atoms with E-state index < -0.39 is 0 Å². The van der Waals surface area contributed by atoms with Crippen LogP contribution in [0, 0.1) is 0 Å². The van der Waals surface area contributed by atoms with Crippen molar-refractivity contribution in [2.75, 3.05) is 24.6 Å². The number of para-hydroxylation sites is 1. The Balaban J connectivity index is 1.24. The summed E-state index contributed by atoms with van der Waals surface area (Å²) in [4.78, 5) is 23.6. The number of carbonyl (C=O) groups excluding carboxylic acids is 1. The molecule has 0 saturated heterocycles. The predicted octanol–water partition coefficient (Wildman–Crippen LogP) is 5.84. The molecule has 0 aliphatic heterocycles. The van der Waals surface area contributed by atoms with E-state index in [1.807, 2.05) is 84.9 Å². The molecule has 2 aromatic heterocycles. The van der Waals surface area contributed by atoms with Crippen LogP contribution in [0.3, 0.4) is 0 Å². The number of hydrogen-bond acceptors (Lipinski definition) is 7. The number of rotatable bonds is 9. The molecule has 1 aliphatic rings. The molecule has 3 aromatic carbocycles. The van der Waals surface area contributed by atoms with Gasteiger partial charge in [0, 0.05) is 29.9 Å². The van der Waals surface area contributed by atoms with Crippen LogP contribution in [0.5, 0.6) is 11.5 Å². The summed E-state index contributed by atoms with van der Waals surface area (Å²) < 4.78 is 7.66. The van der Waals surface area contributed by atoms with Crippen LogP contribution >= 0.6 is 0 Å². The first kappa shape index (κ1) is 26.2. The summed E-state index contributed by atoms with van der Waals surface area (Å²) in [7, 11) is 2.10. The number of amides is 1. The topological polar surface area (TPSA) is 111 Å². The van der Waals surface area contributed by atoms with Crippen molar-refractivity contribution in [3.8, 4) is 28.4 Å². The maximum Gasteiger partial charge on any atom is 0.248 e. The molecular formula is C32H31N7O2. The fourth-order valence-electron chi connectivity index (χ4n) is 4.86. The van der Waals surface area contributed by atoms with Gasteiger partial charge in [-0.25, -0.2) is 14.6 Å². The second-order valence-corrected chi connectivity index (χ2v) is 10.1. The summed E-state index contributed by atoms with van der Waals surface area (Å²) >= 11 is 0. The van der Waals surface area contributed by atoms with Gasteiger partial charge in [-0.15, -0.1) is 0 Å². The summed E-state index contributed by atoms with van der Waals surface area (Å²) in [5.74, 6) is 1.62. The quantitative estimate of drug-likeness (QED) is 0.224. The number of nitrogens with zero attached hydrogens (tertiary/aromatic N) is 5. The zero-order valence-corrected chi connectivity index (χ0v) is 22.8. The minimum Gasteiger partial charge on any atom is -0.457 e. The smallest absolute Gasteiger partial charge is 0.248 e. The molecule has 0 bridgehead atoms. The zero-order valence-electron chi connectivity index (χ0n) is 22.8. The Morgan fingerprint density at radius 1 is 1.05 bits per heavy atom. The van der Waals surface area contributed by atoms with Crippen LogP contribution in [0.2, 0.25) is 0 Å². The monoisotopic (exact) mass is 545 g/mol. The fraction of sp³-hybridized carbons (Fsp3) is 0.188. The summed E-state index contributed by atoms with van der Waals surface area (Å²) in [5, 5.41) is 8.49. The van der Waals surface area contributed by atoms with E-state index >= 15 is 0 Å². The Bertz CT molecular complexity index is 1690. The average molecular weight is 546 g/mol. The lowest BCUT2D eigenvalue weighted by atomic mass is 9.92. The van der Waals surface area contributed by atoms with Crippen molar-refractivity contribution < 1.29 is 9.53 Å². The van der Waals surface area contributed by atoms with E-state index in [1.165, 1.54) is 25.6 Å². The third-order valence-corrected chi connectivity index (χ3v) is 7.32. The highest BCUT2D eigenvalue weighted by Crippen LogP contribution is 2.33. The lowest BCUT2D eigenvalue weighted by Crippen LogP contribution is -2.37. The number of nitrogens with one attached hydrogen (secondary N) is 1. The average Bonchev–Trinajstić information content (AvgIpc) is 3.34. The van der Waals surface area contributed by atoms with Gasteiger partial charge in [-0.3, -0.25) is 9.69 Å². The maximum absolute atomic E-state index is 12.6. The first-order valence-electron chi connectivity index (χ1n) is 13.7. The first-order valence-corrected chi connectivity index (χ1v) is 13.7. The van der Waals surface area contributed by atoms with Gasteiger partial charge in [-0.05, 0) is 74.5 Å². The van der Waals surface area contributed by atoms with Crippen molar-refractivity contribution in [1.82, 2.24) is 24.6 Å². The number of hydrogen-bond donors (Lipinski definition) is 2. The largest absolute Gasteiger partial charge is 0.457 e. The van der Waals surface area contributed by atoms with Crippen LogP contribution in [0.1, 0.15) is 19.3 Å². The second-order valence-electron chi connectivity index (χ2n) is 10.1. The number of nitrogen functional groups attached to an aromatic ring is 1. The van der Waals surface area contributed by atoms with Gasteiger partial charge in [0.2, 0.25) is 5.91 Å². The maximum atomic E-state index is 12.6. The van der Waals surface area contributed by atoms with Gasteiger partial charge in [0.15, 0.2) is 5.65 Å². The van der Waals surface area contributed by atoms with E-state index in [0.29, 0.717) is 40.0 Å². The van der Waals surface area contributed by atoms with Crippen LogP contribution in [0.25, 0.3) is 28.0 Å². The second kappa shape index (κ2) is 11.6. The Hall–Kier alpha value is -5.02. The summed E-state index contributed by atoms with van der Waals surface area (Å²) in [6.45, 7) is 0.751. The molecule has 206 valence electrons. The molecule has 0 spiro atoms. The summed E-state index contributed by atoms with van der Waals surface area (Å²) in [5.41, 5.74) is 9.76. The summed E-state index contributed by atoms with van der Waals surface area (Å²) in [6.07, 6.45) is 8.67. The number of benzene rings is 3. The Morgan fingerprint density at radius 3 is 2.59 bits per heavy atom. The van der Waals surface area contributed by atoms with Crippen molar-refractivity contribution in [2.45, 2.75) is 25.3 Å². The molecule has 0 unspecified atom stereocenters. The number of carbonyl (C=O) groups is 1. The molecule has 9 nitrogen and oxygen atoms in total. The lowest BCUT2D eigenvalue weighted by molar-refractivity contribution is -0.111. The van der Waals surface area contributed by atoms with E-state index in [1.54, 1.807) is 10.8 Å². The number of nitrogens with two attached hydrogens (primary N) is 1. The van der Waals surface area contributed by atoms with E-state index in [4.69, 9.17) is 15.6 Å². The van der Waals surface area contributed by atoms with Crippen LogP contribution in [-0.2, 0) is 4.79 Å². The highest BCUT2D eigenvalue weighted by molar-refractivity contribution is 6.00. The molecule has 1 saturated carbocycles. The number of anilines is 2. The zero-order chi connectivity index (χ0) is 28.2. The molecule has 41 heavy (non-hydrogen) atoms. The predicted molar refractivity (Wildman–Crippen MR) is 161 cm³/mol. The van der Waals surface area contributed by atoms with E-state index in [0.717, 1.165) is 23.5 Å². The van der Waals surface area contributed by atoms with Gasteiger partial charge in [0.05, 0.1) is 11.1 Å². The van der Waals surface area contributed by atoms with Crippen LogP contribution < -0.4 is 15.8 Å². The molecule has 6 rings (SSSR count). The Kier molecular flexibility index (Phi) is 7.42. The lowest BCUT2D eigenvalue weighted by Gasteiger charge is -2.33. The molecule has 5 aromatic rings. The van der Waals surface area contributed by atoms with Gasteiger partial charge >= 0.3 is 0 Å². The minimum absolute atomic E-state index is 0.181. The standard InChI is InChI=1S/C32H31N7O2/c1-38(24-9-6-10-24)19-7-14-28(40)36-23-8-5-11-25(20-23)39-32-29(31(33)34-21-35-32)30(37-39)22-15-17-27(18-16-22)41-26-12-3-2-4-13-26/h2-5,7-8,11-18,20-21,24H,6,9-10,19H2,1H3,(H,36,40)(H2,33,34,35). The molecule has 1 aliphatic carbocycles. The number of likely N-dealkylation sites (N-methyl/N-ethyl adjacent to an activating group) is 1. The molecular weight excluding hydrogens is 514 g/mol. The van der Waals surface area contributed by atoms with E-state index in [2.05, 4.69) is 27.2 Å². The van der Waals surface area contributed by atoms with Crippen LogP contribution in [-0.4, -0.2) is 50.2 Å². The molecule has 0 radical (unpaired) electrons. The SMILES string of the molecule is CN(CC=CC(=O)Nc1cccc(-n2nc(-c3ccc(Oc4ccccc4)cc3)c3c(N)ncnc32)c1)C1CCC1. The number of fused-ring (bicyclic) bond motifs is 1. The van der Waals surface area contributed by atoms with Gasteiger partial charge < -0.3 is 15.8 Å². The molecule has 0 atom stereocenters. The molecule has 1 fully saturated rings. The van der Waals surface area contributed by atoms with E-state index in [9.17, 15) is 4.79 Å². The van der Waals surface area contributed by atoms with Crippen molar-refractivity contribution in [1.29, 1.82) is 0 Å². The third kappa shape index (κ3) is 5.80. The van der Waals surface area contributed by atoms with Gasteiger partial charge in [0.25, 0.3) is 0 Å². The number of ether oxygens (including phenoxy) is 1. The van der Waals surface area contributed by atoms with Crippen molar-refractivity contribution in [3.63, 3.8) is 0 Å². The highest BCUT2D eigenvalue weighted by Gasteiger charge is 2.21. The van der Waals surface area contributed by atoms with Gasteiger partial charge in [-0.1, -0.05) is 36.8 Å². The van der Waals surface area contributed by atoms with E-state index in [-0.39, 0.29) is 5.91 Å². The van der Waals surface area contributed by atoms with Crippen molar-refractivity contribution in [2.24, 2.45) is 0 Å². The molecule has 3 N–H and O–H groups in total. The van der Waals surface area contributed by atoms with Crippen LogP contribution in [0.15, 0.2) is 97.3 Å². The number of aromatic nitrogens is 4. The minimum atomic E-state index is -0.181. The third-order valence-electron chi connectivity index (χ3n) is 7.32. The fourth-order valence-corrected chi connectivity index (χ4v) is 4.86. The normalized spacial score (nSPS) is 13.5. The highest BCUT2D eigenvalue weighted by atomic mass is 16.5. The summed E-state index contributed by atoms with van der Waals surface area (Å²) in [6, 6.07) is 25.4.